The highest BCUT2D eigenvalue weighted by molar-refractivity contribution is 6.32. The van der Waals surface area contributed by atoms with Gasteiger partial charge < -0.3 is 9.47 Å². The number of ether oxygens (including phenoxy) is 2. The Kier molecular flexibility index (Phi) is 4.10. The van der Waals surface area contributed by atoms with Gasteiger partial charge in [0, 0.05) is 10.9 Å². The van der Waals surface area contributed by atoms with E-state index in [0.717, 1.165) is 5.56 Å². The molecule has 0 spiro atoms. The van der Waals surface area contributed by atoms with E-state index in [0.29, 0.717) is 29.4 Å². The van der Waals surface area contributed by atoms with Gasteiger partial charge in [-0.3, -0.25) is 9.59 Å². The Balaban J connectivity index is 2.26. The van der Waals surface area contributed by atoms with Gasteiger partial charge >= 0.3 is 5.97 Å². The van der Waals surface area contributed by atoms with Gasteiger partial charge in [0.2, 0.25) is 0 Å². The van der Waals surface area contributed by atoms with Gasteiger partial charge in [0.1, 0.15) is 5.75 Å². The summed E-state index contributed by atoms with van der Waals surface area (Å²) in [4.78, 5) is 23.8. The number of ketones is 1. The lowest BCUT2D eigenvalue weighted by atomic mass is 10.0. The summed E-state index contributed by atoms with van der Waals surface area (Å²) in [6.45, 7) is 2.06. The van der Waals surface area contributed by atoms with Crippen LogP contribution in [-0.4, -0.2) is 25.5 Å². The minimum Gasteiger partial charge on any atom is -0.496 e. The minimum absolute atomic E-state index is 0.0842. The van der Waals surface area contributed by atoms with Crippen molar-refractivity contribution in [1.82, 2.24) is 0 Å². The van der Waals surface area contributed by atoms with Gasteiger partial charge in [-0.15, -0.1) is 0 Å². The number of carbonyl (C=O) groups excluding carboxylic acids is 2. The van der Waals surface area contributed by atoms with Gasteiger partial charge in [-0.05, 0) is 31.0 Å². The molecular weight excluding hydrogens is 268 g/mol. The largest absolute Gasteiger partial charge is 0.496 e. The third kappa shape index (κ3) is 2.59. The van der Waals surface area contributed by atoms with Crippen LogP contribution in [0.4, 0.5) is 0 Å². The Bertz CT molecular complexity index is 524. The number of benzene rings is 1. The molecule has 0 aromatic heterocycles. The molecule has 4 nitrogen and oxygen atoms in total. The number of fused-ring (bicyclic) bond motifs is 1. The van der Waals surface area contributed by atoms with E-state index >= 15 is 0 Å². The fourth-order valence-corrected chi connectivity index (χ4v) is 2.60. The van der Waals surface area contributed by atoms with Gasteiger partial charge in [-0.1, -0.05) is 11.6 Å². The van der Waals surface area contributed by atoms with Crippen LogP contribution in [0.25, 0.3) is 0 Å². The number of carbonyl (C=O) groups is 2. The van der Waals surface area contributed by atoms with Crippen molar-refractivity contribution in [3.05, 3.63) is 28.3 Å². The van der Waals surface area contributed by atoms with Crippen molar-refractivity contribution in [2.45, 2.75) is 19.8 Å². The lowest BCUT2D eigenvalue weighted by Gasteiger charge is -2.07. The van der Waals surface area contributed by atoms with E-state index < -0.39 is 5.92 Å². The van der Waals surface area contributed by atoms with Crippen LogP contribution in [0.5, 0.6) is 5.75 Å². The number of rotatable bonds is 4. The van der Waals surface area contributed by atoms with Crippen molar-refractivity contribution in [3.63, 3.8) is 0 Å². The van der Waals surface area contributed by atoms with Gasteiger partial charge in [0.15, 0.2) is 5.78 Å². The molecule has 0 aliphatic heterocycles. The van der Waals surface area contributed by atoms with Crippen LogP contribution in [0.1, 0.15) is 29.3 Å². The van der Waals surface area contributed by atoms with E-state index in [4.69, 9.17) is 21.1 Å². The van der Waals surface area contributed by atoms with Gasteiger partial charge in [-0.25, -0.2) is 0 Å². The van der Waals surface area contributed by atoms with E-state index in [9.17, 15) is 9.59 Å². The lowest BCUT2D eigenvalue weighted by molar-refractivity contribution is -0.143. The maximum atomic E-state index is 12.3. The Hall–Kier alpha value is -1.55. The number of hydrogen-bond donors (Lipinski definition) is 0. The molecule has 5 heteroatoms. The molecule has 2 rings (SSSR count). The highest BCUT2D eigenvalue weighted by atomic mass is 35.5. The first-order valence-electron chi connectivity index (χ1n) is 6.13. The van der Waals surface area contributed by atoms with Crippen molar-refractivity contribution in [1.29, 1.82) is 0 Å². The molecule has 0 heterocycles. The van der Waals surface area contributed by atoms with E-state index in [2.05, 4.69) is 0 Å². The van der Waals surface area contributed by atoms with E-state index in [-0.39, 0.29) is 18.2 Å². The van der Waals surface area contributed by atoms with Crippen molar-refractivity contribution < 1.29 is 19.1 Å². The van der Waals surface area contributed by atoms with Crippen molar-refractivity contribution in [2.75, 3.05) is 13.7 Å². The van der Waals surface area contributed by atoms with Gasteiger partial charge in [-0.2, -0.15) is 0 Å². The smallest absolute Gasteiger partial charge is 0.306 e. The zero-order chi connectivity index (χ0) is 14.0. The molecule has 19 heavy (non-hydrogen) atoms. The zero-order valence-corrected chi connectivity index (χ0v) is 11.6. The molecule has 0 bridgehead atoms. The molecule has 1 aromatic rings. The molecule has 0 saturated carbocycles. The Morgan fingerprint density at radius 1 is 1.47 bits per heavy atom. The lowest BCUT2D eigenvalue weighted by Crippen LogP contribution is -2.16. The third-order valence-electron chi connectivity index (χ3n) is 3.22. The molecular formula is C14H15ClO4. The quantitative estimate of drug-likeness (QED) is 0.797. The van der Waals surface area contributed by atoms with E-state index in [1.807, 2.05) is 0 Å². The molecule has 0 fully saturated rings. The number of halogens is 1. The molecule has 0 saturated heterocycles. The van der Waals surface area contributed by atoms with Crippen molar-refractivity contribution >= 4 is 23.4 Å². The number of esters is 1. The van der Waals surface area contributed by atoms with E-state index in [1.165, 1.54) is 7.11 Å². The van der Waals surface area contributed by atoms with Crippen LogP contribution in [0.2, 0.25) is 5.02 Å². The summed E-state index contributed by atoms with van der Waals surface area (Å²) in [5.74, 6) is -0.343. The van der Waals surface area contributed by atoms with Crippen LogP contribution in [0.3, 0.4) is 0 Å². The minimum atomic E-state index is -0.400. The fraction of sp³-hybridized carbons (Fsp3) is 0.429. The summed E-state index contributed by atoms with van der Waals surface area (Å²) in [5.41, 5.74) is 1.27. The molecule has 0 N–H and O–H groups in total. The standard InChI is InChI=1S/C14H15ClO4/c1-3-19-12(16)7-8-6-9-10(15)4-5-11(18-2)13(9)14(8)17/h4-5,8H,3,6-7H2,1-2H3. The zero-order valence-electron chi connectivity index (χ0n) is 10.9. The predicted molar refractivity (Wildman–Crippen MR) is 70.8 cm³/mol. The second-order valence-electron chi connectivity index (χ2n) is 4.38. The van der Waals surface area contributed by atoms with Gasteiger partial charge in [0.05, 0.1) is 25.7 Å². The normalized spacial score (nSPS) is 17.2. The summed E-state index contributed by atoms with van der Waals surface area (Å²) < 4.78 is 10.1. The van der Waals surface area contributed by atoms with Crippen LogP contribution in [0.15, 0.2) is 12.1 Å². The van der Waals surface area contributed by atoms with Crippen LogP contribution in [-0.2, 0) is 16.0 Å². The average molecular weight is 283 g/mol. The summed E-state index contributed by atoms with van der Waals surface area (Å²) in [6.07, 6.45) is 0.545. The second-order valence-corrected chi connectivity index (χ2v) is 4.78. The predicted octanol–water partition coefficient (Wildman–Crippen LogP) is 2.66. The SMILES string of the molecule is CCOC(=O)CC1Cc2c(Cl)ccc(OC)c2C1=O. The Morgan fingerprint density at radius 2 is 2.21 bits per heavy atom. The summed E-state index contributed by atoms with van der Waals surface area (Å²) in [6, 6.07) is 3.38. The first-order valence-corrected chi connectivity index (χ1v) is 6.51. The van der Waals surface area contributed by atoms with Crippen molar-refractivity contribution in [3.8, 4) is 5.75 Å². The Morgan fingerprint density at radius 3 is 2.84 bits per heavy atom. The van der Waals surface area contributed by atoms with Gasteiger partial charge in [0.25, 0.3) is 0 Å². The summed E-state index contributed by atoms with van der Waals surface area (Å²) in [5, 5.41) is 0.538. The maximum Gasteiger partial charge on any atom is 0.306 e. The summed E-state index contributed by atoms with van der Waals surface area (Å²) in [7, 11) is 1.51. The Labute approximate surface area is 116 Å². The number of hydrogen-bond acceptors (Lipinski definition) is 4. The molecule has 102 valence electrons. The number of Topliss-reactive ketones (excluding diaryl/α,β-unsaturated/α-hetero) is 1. The first-order chi connectivity index (χ1) is 9.08. The van der Waals surface area contributed by atoms with Crippen LogP contribution >= 0.6 is 11.6 Å². The summed E-state index contributed by atoms with van der Waals surface area (Å²) >= 11 is 6.10. The molecule has 1 unspecified atom stereocenters. The average Bonchev–Trinajstić information content (AvgIpc) is 2.70. The molecule has 0 radical (unpaired) electrons. The topological polar surface area (TPSA) is 52.6 Å². The molecule has 1 aromatic carbocycles. The fourth-order valence-electron chi connectivity index (χ4n) is 2.37. The third-order valence-corrected chi connectivity index (χ3v) is 3.58. The van der Waals surface area contributed by atoms with Crippen LogP contribution < -0.4 is 4.74 Å². The van der Waals surface area contributed by atoms with Crippen LogP contribution in [0, 0.1) is 5.92 Å². The first kappa shape index (κ1) is 13.9. The number of methoxy groups -OCH3 is 1. The van der Waals surface area contributed by atoms with E-state index in [1.54, 1.807) is 19.1 Å². The molecule has 1 aliphatic rings. The highest BCUT2D eigenvalue weighted by Crippen LogP contribution is 2.39. The second kappa shape index (κ2) is 5.61. The van der Waals surface area contributed by atoms with Crippen molar-refractivity contribution in [2.24, 2.45) is 5.92 Å². The molecule has 1 atom stereocenters. The molecule has 0 amide bonds. The molecule has 1 aliphatic carbocycles. The maximum absolute atomic E-state index is 12.3. The highest BCUT2D eigenvalue weighted by Gasteiger charge is 2.36. The monoisotopic (exact) mass is 282 g/mol.